The highest BCUT2D eigenvalue weighted by molar-refractivity contribution is 6.05. The van der Waals surface area contributed by atoms with Crippen LogP contribution in [0.4, 0.5) is 0 Å². The van der Waals surface area contributed by atoms with Gasteiger partial charge in [0, 0.05) is 6.42 Å². The third kappa shape index (κ3) is 10.4. The third-order valence-electron chi connectivity index (χ3n) is 4.94. The molecule has 0 bridgehead atoms. The van der Waals surface area contributed by atoms with Crippen LogP contribution >= 0.6 is 0 Å². The maximum atomic E-state index is 11.4. The predicted molar refractivity (Wildman–Crippen MR) is 100 cm³/mol. The van der Waals surface area contributed by atoms with Gasteiger partial charge in [-0.25, -0.2) is 0 Å². The van der Waals surface area contributed by atoms with Crippen molar-refractivity contribution in [1.29, 1.82) is 0 Å². The summed E-state index contributed by atoms with van der Waals surface area (Å²) in [5, 5.41) is 0. The molecule has 0 aromatic carbocycles. The van der Waals surface area contributed by atoms with Crippen molar-refractivity contribution in [3.8, 4) is 0 Å². The fourth-order valence-electron chi connectivity index (χ4n) is 3.80. The van der Waals surface area contributed by atoms with Crippen molar-refractivity contribution in [3.63, 3.8) is 0 Å². The minimum Gasteiger partial charge on any atom is -0.529 e. The highest BCUT2D eigenvalue weighted by Gasteiger charge is 2.27. The van der Waals surface area contributed by atoms with Crippen molar-refractivity contribution in [2.75, 3.05) is 0 Å². The van der Waals surface area contributed by atoms with Gasteiger partial charge in [0.25, 0.3) is 5.97 Å². The fraction of sp³-hybridized carbons (Fsp3) is 0.947. The Balaban J connectivity index is 4.27. The summed E-state index contributed by atoms with van der Waals surface area (Å²) in [6.07, 6.45) is 17.6. The van der Waals surface area contributed by atoms with E-state index in [2.05, 4.69) is 20.8 Å². The molecule has 0 radical (unpaired) electrons. The summed E-state index contributed by atoms with van der Waals surface area (Å²) in [6.45, 7) is 6.88. The summed E-state index contributed by atoms with van der Waals surface area (Å²) in [5.41, 5.74) is 0.486. The Hall–Kier alpha value is -0.313. The molecule has 2 nitrogen and oxygen atoms in total. The molecule has 0 saturated heterocycles. The molecular weight excluding hydrogens is 288 g/mol. The summed E-state index contributed by atoms with van der Waals surface area (Å²) in [7, 11) is 0.535. The number of hydrogen-bond donors (Lipinski definition) is 0. The Morgan fingerprint density at radius 1 is 0.773 bits per heavy atom. The van der Waals surface area contributed by atoms with E-state index in [9.17, 15) is 4.79 Å². The maximum Gasteiger partial charge on any atom is 0.291 e. The largest absolute Gasteiger partial charge is 0.529 e. The predicted octanol–water partition coefficient (Wildman–Crippen LogP) is 5.32. The number of carbonyl (C=O) groups is 1. The lowest BCUT2D eigenvalue weighted by Crippen LogP contribution is -2.21. The number of rotatable bonds is 15. The van der Waals surface area contributed by atoms with E-state index in [4.69, 9.17) is 4.43 Å². The average molecular weight is 329 g/mol. The highest BCUT2D eigenvalue weighted by Crippen LogP contribution is 2.40. The van der Waals surface area contributed by atoms with Crippen LogP contribution < -0.4 is 0 Å². The first-order valence-electron chi connectivity index (χ1n) is 9.71. The van der Waals surface area contributed by atoms with Gasteiger partial charge in [0.1, 0.15) is 0 Å². The molecule has 132 valence electrons. The van der Waals surface area contributed by atoms with Crippen LogP contribution in [-0.2, 0) is 9.22 Å². The Labute approximate surface area is 142 Å². The SMILES string of the molecule is CCCCCCCCC(CCC)(CCC)CCCC(=O)O[SiH3]. The van der Waals surface area contributed by atoms with Crippen LogP contribution in [0.1, 0.15) is 111 Å². The van der Waals surface area contributed by atoms with Gasteiger partial charge < -0.3 is 4.43 Å². The monoisotopic (exact) mass is 328 g/mol. The Morgan fingerprint density at radius 2 is 1.32 bits per heavy atom. The second-order valence-corrected chi connectivity index (χ2v) is 7.36. The van der Waals surface area contributed by atoms with Crippen LogP contribution in [0.2, 0.25) is 0 Å². The Morgan fingerprint density at radius 3 is 1.86 bits per heavy atom. The molecule has 0 aromatic heterocycles. The van der Waals surface area contributed by atoms with Crippen molar-refractivity contribution in [1.82, 2.24) is 0 Å². The molecule has 0 aliphatic heterocycles. The fourth-order valence-corrected chi connectivity index (χ4v) is 4.00. The number of carbonyl (C=O) groups excluding carboxylic acids is 1. The quantitative estimate of drug-likeness (QED) is 0.300. The second kappa shape index (κ2) is 14.3. The minimum absolute atomic E-state index is 0.00753. The molecule has 0 fully saturated rings. The summed E-state index contributed by atoms with van der Waals surface area (Å²) < 4.78 is 4.92. The van der Waals surface area contributed by atoms with Gasteiger partial charge in [-0.2, -0.15) is 0 Å². The average Bonchev–Trinajstić information content (AvgIpc) is 2.51. The lowest BCUT2D eigenvalue weighted by Gasteiger charge is -2.34. The topological polar surface area (TPSA) is 26.3 Å². The van der Waals surface area contributed by atoms with Gasteiger partial charge in [-0.05, 0) is 37.5 Å². The molecule has 0 aliphatic carbocycles. The van der Waals surface area contributed by atoms with E-state index in [0.29, 0.717) is 22.3 Å². The third-order valence-corrected chi connectivity index (χ3v) is 5.39. The van der Waals surface area contributed by atoms with E-state index >= 15 is 0 Å². The zero-order valence-corrected chi connectivity index (χ0v) is 17.7. The van der Waals surface area contributed by atoms with E-state index < -0.39 is 0 Å². The summed E-state index contributed by atoms with van der Waals surface area (Å²) in [5.74, 6) is 0.00753. The summed E-state index contributed by atoms with van der Waals surface area (Å²) >= 11 is 0. The molecule has 0 N–H and O–H groups in total. The van der Waals surface area contributed by atoms with Crippen LogP contribution in [-0.4, -0.2) is 16.5 Å². The van der Waals surface area contributed by atoms with Gasteiger partial charge in [0.05, 0.1) is 0 Å². The normalized spacial score (nSPS) is 11.8. The van der Waals surface area contributed by atoms with Crippen molar-refractivity contribution >= 4 is 16.5 Å². The zero-order chi connectivity index (χ0) is 16.7. The maximum absolute atomic E-state index is 11.4. The van der Waals surface area contributed by atoms with Gasteiger partial charge >= 0.3 is 0 Å². The molecular formula is C19H40O2Si. The van der Waals surface area contributed by atoms with E-state index in [1.165, 1.54) is 77.0 Å². The highest BCUT2D eigenvalue weighted by atomic mass is 28.2. The first kappa shape index (κ1) is 21.7. The summed E-state index contributed by atoms with van der Waals surface area (Å²) in [6, 6.07) is 0. The van der Waals surface area contributed by atoms with Crippen molar-refractivity contribution in [2.24, 2.45) is 5.41 Å². The van der Waals surface area contributed by atoms with Crippen molar-refractivity contribution in [2.45, 2.75) is 111 Å². The zero-order valence-electron chi connectivity index (χ0n) is 15.7. The number of unbranched alkanes of at least 4 members (excludes halogenated alkanes) is 5. The van der Waals surface area contributed by atoms with Gasteiger partial charge in [-0.3, -0.25) is 4.79 Å². The molecule has 0 aromatic rings. The molecule has 0 atom stereocenters. The summed E-state index contributed by atoms with van der Waals surface area (Å²) in [4.78, 5) is 11.4. The molecule has 0 saturated carbocycles. The van der Waals surface area contributed by atoms with E-state index in [1.54, 1.807) is 0 Å². The van der Waals surface area contributed by atoms with Crippen LogP contribution in [0.3, 0.4) is 0 Å². The van der Waals surface area contributed by atoms with Crippen LogP contribution in [0.25, 0.3) is 0 Å². The van der Waals surface area contributed by atoms with Crippen molar-refractivity contribution in [3.05, 3.63) is 0 Å². The van der Waals surface area contributed by atoms with E-state index in [-0.39, 0.29) is 5.97 Å². The van der Waals surface area contributed by atoms with Crippen LogP contribution in [0.15, 0.2) is 0 Å². The van der Waals surface area contributed by atoms with Gasteiger partial charge in [0.2, 0.25) is 10.5 Å². The molecule has 3 heteroatoms. The molecule has 0 unspecified atom stereocenters. The first-order valence-corrected chi connectivity index (χ1v) is 10.5. The molecule has 0 aliphatic rings. The van der Waals surface area contributed by atoms with Crippen LogP contribution in [0.5, 0.6) is 0 Å². The van der Waals surface area contributed by atoms with Crippen molar-refractivity contribution < 1.29 is 9.22 Å². The molecule has 0 spiro atoms. The lowest BCUT2D eigenvalue weighted by atomic mass is 9.71. The smallest absolute Gasteiger partial charge is 0.291 e. The first-order chi connectivity index (χ1) is 10.6. The van der Waals surface area contributed by atoms with E-state index in [0.717, 1.165) is 6.42 Å². The minimum atomic E-state index is 0.00753. The number of hydrogen-bond acceptors (Lipinski definition) is 2. The van der Waals surface area contributed by atoms with Crippen LogP contribution in [0, 0.1) is 5.41 Å². The molecule has 22 heavy (non-hydrogen) atoms. The standard InChI is InChI=1S/C19H40O2Si/c1-4-7-8-9-10-11-16-19(14-5-2,15-6-3)17-12-13-18(20)21-22/h4-17H2,1-3,22H3. The van der Waals surface area contributed by atoms with E-state index in [1.807, 2.05) is 0 Å². The lowest BCUT2D eigenvalue weighted by molar-refractivity contribution is -0.134. The molecule has 0 rings (SSSR count). The molecule has 0 heterocycles. The van der Waals surface area contributed by atoms with Gasteiger partial charge in [0.15, 0.2) is 0 Å². The second-order valence-electron chi connectivity index (χ2n) is 6.95. The molecule has 0 amide bonds. The Bertz CT molecular complexity index is 260. The van der Waals surface area contributed by atoms with Gasteiger partial charge in [-0.15, -0.1) is 0 Å². The van der Waals surface area contributed by atoms with Gasteiger partial charge in [-0.1, -0.05) is 72.1 Å². The Kier molecular flexibility index (Phi) is 14.1.